The number of anilines is 2. The molecule has 1 aliphatic rings. The number of amides is 1. The van der Waals surface area contributed by atoms with Crippen LogP contribution >= 0.6 is 40.7 Å². The Morgan fingerprint density at radius 2 is 2.00 bits per heavy atom. The van der Waals surface area contributed by atoms with Crippen molar-refractivity contribution >= 4 is 58.0 Å². The summed E-state index contributed by atoms with van der Waals surface area (Å²) in [6, 6.07) is 6.48. The van der Waals surface area contributed by atoms with Gasteiger partial charge in [0, 0.05) is 23.5 Å². The third-order valence-corrected chi connectivity index (χ3v) is 3.29. The molecule has 20 heavy (non-hydrogen) atoms. The Morgan fingerprint density at radius 3 is 2.60 bits per heavy atom. The average Bonchev–Trinajstić information content (AvgIpc) is 3.14. The average molecular weight is 385 g/mol. The lowest BCUT2D eigenvalue weighted by molar-refractivity contribution is -0.116. The molecule has 0 spiro atoms. The molecule has 1 amide bonds. The van der Waals surface area contributed by atoms with E-state index in [2.05, 4.69) is 31.9 Å². The van der Waals surface area contributed by atoms with Crippen LogP contribution in [0.25, 0.3) is 0 Å². The van der Waals surface area contributed by atoms with Gasteiger partial charge < -0.3 is 16.0 Å². The van der Waals surface area contributed by atoms with E-state index in [1.54, 1.807) is 0 Å². The van der Waals surface area contributed by atoms with Crippen molar-refractivity contribution in [2.45, 2.75) is 25.3 Å². The van der Waals surface area contributed by atoms with Gasteiger partial charge in [0.1, 0.15) is 0 Å². The molecular weight excluding hydrogens is 365 g/mol. The van der Waals surface area contributed by atoms with Crippen LogP contribution < -0.4 is 16.0 Å². The van der Waals surface area contributed by atoms with Crippen LogP contribution in [0.4, 0.5) is 11.4 Å². The first kappa shape index (κ1) is 19.5. The van der Waals surface area contributed by atoms with Gasteiger partial charge in [-0.3, -0.25) is 4.79 Å². The highest BCUT2D eigenvalue weighted by atomic mass is 79.9. The van der Waals surface area contributed by atoms with E-state index < -0.39 is 0 Å². The molecule has 1 fully saturated rings. The highest BCUT2D eigenvalue weighted by Crippen LogP contribution is 2.31. The minimum absolute atomic E-state index is 0. The van der Waals surface area contributed by atoms with Gasteiger partial charge in [-0.05, 0) is 38.1 Å². The van der Waals surface area contributed by atoms with Crippen LogP contribution in [0.2, 0.25) is 0 Å². The molecule has 1 aromatic rings. The van der Waals surface area contributed by atoms with Crippen molar-refractivity contribution in [3.8, 4) is 0 Å². The molecule has 0 radical (unpaired) electrons. The van der Waals surface area contributed by atoms with Crippen molar-refractivity contribution in [2.24, 2.45) is 0 Å². The van der Waals surface area contributed by atoms with Gasteiger partial charge in [-0.1, -0.05) is 15.9 Å². The van der Waals surface area contributed by atoms with Crippen molar-refractivity contribution in [1.29, 1.82) is 0 Å². The molecule has 1 aromatic carbocycles. The number of halogens is 3. The van der Waals surface area contributed by atoms with E-state index in [0.717, 1.165) is 15.8 Å². The normalized spacial score (nSPS) is 12.9. The number of carbonyl (C=O) groups is 1. The Morgan fingerprint density at radius 1 is 1.30 bits per heavy atom. The lowest BCUT2D eigenvalue weighted by Crippen LogP contribution is -2.19. The Labute approximate surface area is 140 Å². The van der Waals surface area contributed by atoms with Crippen LogP contribution in [0.1, 0.15) is 19.3 Å². The predicted molar refractivity (Wildman–Crippen MR) is 92.5 cm³/mol. The quantitative estimate of drug-likeness (QED) is 0.704. The molecular formula is C13H20BrCl2N3O. The van der Waals surface area contributed by atoms with E-state index in [4.69, 9.17) is 0 Å². The number of nitrogens with one attached hydrogen (secondary N) is 3. The van der Waals surface area contributed by atoms with E-state index in [-0.39, 0.29) is 30.7 Å². The largest absolute Gasteiger partial charge is 0.381 e. The summed E-state index contributed by atoms with van der Waals surface area (Å²) < 4.78 is 0.966. The van der Waals surface area contributed by atoms with E-state index in [0.29, 0.717) is 19.0 Å². The van der Waals surface area contributed by atoms with Gasteiger partial charge >= 0.3 is 0 Å². The predicted octanol–water partition coefficient (Wildman–Crippen LogP) is 3.42. The summed E-state index contributed by atoms with van der Waals surface area (Å²) in [7, 11) is 1.84. The van der Waals surface area contributed by atoms with Crippen LogP contribution in [-0.4, -0.2) is 25.5 Å². The fourth-order valence-corrected chi connectivity index (χ4v) is 2.01. The third-order valence-electron chi connectivity index (χ3n) is 2.79. The molecule has 2 rings (SSSR count). The SMILES string of the molecule is CNCCC(=O)Nc1cc(Br)ccc1NC1CC1.Cl.Cl. The van der Waals surface area contributed by atoms with Crippen LogP contribution in [0.15, 0.2) is 22.7 Å². The Bertz CT molecular complexity index is 442. The molecule has 0 heterocycles. The number of hydrogen-bond acceptors (Lipinski definition) is 3. The maximum atomic E-state index is 11.7. The maximum Gasteiger partial charge on any atom is 0.225 e. The zero-order valence-electron chi connectivity index (χ0n) is 11.2. The van der Waals surface area contributed by atoms with Gasteiger partial charge in [0.15, 0.2) is 0 Å². The van der Waals surface area contributed by atoms with Gasteiger partial charge in [0.2, 0.25) is 5.91 Å². The highest BCUT2D eigenvalue weighted by molar-refractivity contribution is 9.10. The summed E-state index contributed by atoms with van der Waals surface area (Å²) in [6.45, 7) is 0.686. The zero-order chi connectivity index (χ0) is 13.0. The number of rotatable bonds is 6. The Balaban J connectivity index is 0.00000180. The summed E-state index contributed by atoms with van der Waals surface area (Å²) >= 11 is 3.43. The number of carbonyl (C=O) groups excluding carboxylic acids is 1. The van der Waals surface area contributed by atoms with Crippen LogP contribution in [-0.2, 0) is 4.79 Å². The topological polar surface area (TPSA) is 53.2 Å². The molecule has 114 valence electrons. The fourth-order valence-electron chi connectivity index (χ4n) is 1.64. The first-order chi connectivity index (χ1) is 8.69. The first-order valence-electron chi connectivity index (χ1n) is 6.19. The molecule has 0 unspecified atom stereocenters. The second-order valence-electron chi connectivity index (χ2n) is 4.51. The molecule has 0 aromatic heterocycles. The lowest BCUT2D eigenvalue weighted by Gasteiger charge is -2.13. The number of benzene rings is 1. The first-order valence-corrected chi connectivity index (χ1v) is 6.99. The van der Waals surface area contributed by atoms with E-state index >= 15 is 0 Å². The molecule has 4 nitrogen and oxygen atoms in total. The second kappa shape index (κ2) is 9.45. The molecule has 1 saturated carbocycles. The van der Waals surface area contributed by atoms with Gasteiger partial charge in [0.05, 0.1) is 11.4 Å². The van der Waals surface area contributed by atoms with E-state index in [1.807, 2.05) is 25.2 Å². The van der Waals surface area contributed by atoms with E-state index in [1.165, 1.54) is 12.8 Å². The fraction of sp³-hybridized carbons (Fsp3) is 0.462. The van der Waals surface area contributed by atoms with Crippen molar-refractivity contribution in [2.75, 3.05) is 24.2 Å². The number of hydrogen-bond donors (Lipinski definition) is 3. The summed E-state index contributed by atoms with van der Waals surface area (Å²) in [5.74, 6) is 0.0290. The molecule has 1 aliphatic carbocycles. The van der Waals surface area contributed by atoms with Crippen molar-refractivity contribution in [3.63, 3.8) is 0 Å². The van der Waals surface area contributed by atoms with Gasteiger partial charge in [-0.2, -0.15) is 0 Å². The monoisotopic (exact) mass is 383 g/mol. The van der Waals surface area contributed by atoms with Crippen LogP contribution in [0, 0.1) is 0 Å². The molecule has 7 heteroatoms. The van der Waals surface area contributed by atoms with Crippen molar-refractivity contribution in [3.05, 3.63) is 22.7 Å². The molecule has 0 aliphatic heterocycles. The van der Waals surface area contributed by atoms with E-state index in [9.17, 15) is 4.79 Å². The Hall–Kier alpha value is -0.490. The summed E-state index contributed by atoms with van der Waals surface area (Å²) in [5.41, 5.74) is 1.84. The standard InChI is InChI=1S/C13H18BrN3O.2ClH/c1-15-7-6-13(18)17-12-8-9(14)2-5-11(12)16-10-3-4-10;;/h2,5,8,10,15-16H,3-4,6-7H2,1H3,(H,17,18);2*1H. The minimum Gasteiger partial charge on any atom is -0.381 e. The van der Waals surface area contributed by atoms with Gasteiger partial charge in [-0.15, -0.1) is 24.8 Å². The van der Waals surface area contributed by atoms with Crippen molar-refractivity contribution in [1.82, 2.24) is 5.32 Å². The van der Waals surface area contributed by atoms with Gasteiger partial charge in [0.25, 0.3) is 0 Å². The summed E-state index contributed by atoms with van der Waals surface area (Å²) in [5, 5.41) is 9.34. The molecule has 3 N–H and O–H groups in total. The van der Waals surface area contributed by atoms with Gasteiger partial charge in [-0.25, -0.2) is 0 Å². The second-order valence-corrected chi connectivity index (χ2v) is 5.43. The van der Waals surface area contributed by atoms with Crippen molar-refractivity contribution < 1.29 is 4.79 Å². The highest BCUT2D eigenvalue weighted by Gasteiger charge is 2.22. The van der Waals surface area contributed by atoms with Crippen LogP contribution in [0.3, 0.4) is 0 Å². The Kier molecular flexibility index (Phi) is 9.22. The smallest absolute Gasteiger partial charge is 0.225 e. The maximum absolute atomic E-state index is 11.7. The lowest BCUT2D eigenvalue weighted by atomic mass is 10.2. The molecule has 0 saturated heterocycles. The molecule has 0 atom stereocenters. The summed E-state index contributed by atoms with van der Waals surface area (Å²) in [4.78, 5) is 11.7. The molecule has 0 bridgehead atoms. The summed E-state index contributed by atoms with van der Waals surface area (Å²) in [6.07, 6.45) is 2.90. The minimum atomic E-state index is 0. The third kappa shape index (κ3) is 6.31. The zero-order valence-corrected chi connectivity index (χ0v) is 14.5. The van der Waals surface area contributed by atoms with Crippen LogP contribution in [0.5, 0.6) is 0 Å².